The van der Waals surface area contributed by atoms with Crippen molar-refractivity contribution >= 4 is 27.5 Å². The third-order valence-corrected chi connectivity index (χ3v) is 3.50. The topological polar surface area (TPSA) is 42.2 Å². The summed E-state index contributed by atoms with van der Waals surface area (Å²) in [5, 5.41) is 7.34. The minimum atomic E-state index is -0.249. The van der Waals surface area contributed by atoms with Gasteiger partial charge in [-0.05, 0) is 36.8 Å². The van der Waals surface area contributed by atoms with Crippen LogP contribution in [0.3, 0.4) is 0 Å². The molecule has 0 fully saturated rings. The highest BCUT2D eigenvalue weighted by Gasteiger charge is 2.07. The molecule has 0 saturated heterocycles. The Hall–Kier alpha value is -1.95. The van der Waals surface area contributed by atoms with Gasteiger partial charge in [0.25, 0.3) is 0 Å². The number of anilines is 1. The van der Waals surface area contributed by atoms with Gasteiger partial charge in [-0.15, -0.1) is 5.10 Å². The summed E-state index contributed by atoms with van der Waals surface area (Å²) in [6, 6.07) is 8.73. The van der Waals surface area contributed by atoms with E-state index >= 15 is 0 Å². The van der Waals surface area contributed by atoms with Crippen molar-refractivity contribution < 1.29 is 4.39 Å². The van der Waals surface area contributed by atoms with Crippen LogP contribution in [0.5, 0.6) is 0 Å². The molecule has 0 aliphatic heterocycles. The molecule has 2 heterocycles. The molecule has 102 valence electrons. The fraction of sp³-hybridized carbons (Fsp3) is 0.143. The number of hydrogen-bond donors (Lipinski definition) is 1. The number of aryl methyl sites for hydroxylation is 1. The highest BCUT2D eigenvalue weighted by Crippen LogP contribution is 2.17. The van der Waals surface area contributed by atoms with E-state index in [1.54, 1.807) is 16.6 Å². The van der Waals surface area contributed by atoms with Crippen LogP contribution < -0.4 is 5.32 Å². The average molecular weight is 335 g/mol. The van der Waals surface area contributed by atoms with Crippen LogP contribution in [0.25, 0.3) is 5.65 Å². The summed E-state index contributed by atoms with van der Waals surface area (Å²) in [6.45, 7) is 2.31. The van der Waals surface area contributed by atoms with Crippen LogP contribution >= 0.6 is 15.9 Å². The van der Waals surface area contributed by atoms with E-state index in [-0.39, 0.29) is 5.82 Å². The van der Waals surface area contributed by atoms with Gasteiger partial charge in [-0.3, -0.25) is 0 Å². The lowest BCUT2D eigenvalue weighted by molar-refractivity contribution is 0.612. The molecule has 2 aromatic heterocycles. The second-order valence-corrected chi connectivity index (χ2v) is 5.40. The molecule has 4 nitrogen and oxygen atoms in total. The van der Waals surface area contributed by atoms with E-state index < -0.39 is 0 Å². The minimum absolute atomic E-state index is 0.249. The number of hydrogen-bond acceptors (Lipinski definition) is 3. The van der Waals surface area contributed by atoms with Crippen molar-refractivity contribution in [2.45, 2.75) is 13.5 Å². The summed E-state index contributed by atoms with van der Waals surface area (Å²) in [5.74, 6) is 0.235. The summed E-state index contributed by atoms with van der Waals surface area (Å²) in [7, 11) is 0. The van der Waals surface area contributed by atoms with E-state index in [0.717, 1.165) is 15.7 Å². The van der Waals surface area contributed by atoms with E-state index in [9.17, 15) is 4.39 Å². The molecule has 0 spiro atoms. The Labute approximate surface area is 123 Å². The van der Waals surface area contributed by atoms with Crippen LogP contribution in [-0.4, -0.2) is 14.6 Å². The van der Waals surface area contributed by atoms with E-state index in [1.165, 1.54) is 6.07 Å². The largest absolute Gasteiger partial charge is 0.349 e. The van der Waals surface area contributed by atoms with Gasteiger partial charge in [-0.25, -0.2) is 8.91 Å². The number of nitrogens with one attached hydrogen (secondary N) is 1. The molecule has 0 bridgehead atoms. The summed E-state index contributed by atoms with van der Waals surface area (Å²) in [5.41, 5.74) is 2.40. The SMILES string of the molecule is Cc1cccn2nc(NCc3cc(Br)ccc3F)nc12. The summed E-state index contributed by atoms with van der Waals surface area (Å²) >= 11 is 3.33. The van der Waals surface area contributed by atoms with Crippen molar-refractivity contribution in [3.8, 4) is 0 Å². The van der Waals surface area contributed by atoms with Gasteiger partial charge in [-0.1, -0.05) is 22.0 Å². The summed E-state index contributed by atoms with van der Waals surface area (Å²) in [6.07, 6.45) is 1.83. The fourth-order valence-electron chi connectivity index (χ4n) is 1.97. The highest BCUT2D eigenvalue weighted by molar-refractivity contribution is 9.10. The maximum Gasteiger partial charge on any atom is 0.243 e. The Morgan fingerprint density at radius 2 is 2.20 bits per heavy atom. The molecule has 1 aromatic carbocycles. The molecule has 1 N–H and O–H groups in total. The Kier molecular flexibility index (Phi) is 3.40. The molecular weight excluding hydrogens is 323 g/mol. The Bertz CT molecular complexity index is 769. The molecule has 0 atom stereocenters. The standard InChI is InChI=1S/C14H12BrFN4/c1-9-3-2-6-20-13(9)18-14(19-20)17-8-10-7-11(15)4-5-12(10)16/h2-7H,8H2,1H3,(H,17,19). The molecule has 0 aliphatic carbocycles. The molecule has 0 aliphatic rings. The molecule has 20 heavy (non-hydrogen) atoms. The third kappa shape index (κ3) is 2.51. The molecule has 0 radical (unpaired) electrons. The minimum Gasteiger partial charge on any atom is -0.349 e. The molecule has 0 unspecified atom stereocenters. The van der Waals surface area contributed by atoms with E-state index in [2.05, 4.69) is 31.3 Å². The molecule has 3 rings (SSSR count). The van der Waals surface area contributed by atoms with Gasteiger partial charge in [0.05, 0.1) is 0 Å². The van der Waals surface area contributed by atoms with Crippen LogP contribution in [0.2, 0.25) is 0 Å². The van der Waals surface area contributed by atoms with Crippen LogP contribution in [0, 0.1) is 12.7 Å². The number of aromatic nitrogens is 3. The maximum absolute atomic E-state index is 13.6. The lowest BCUT2D eigenvalue weighted by Crippen LogP contribution is -2.03. The van der Waals surface area contributed by atoms with Gasteiger partial charge in [0.15, 0.2) is 5.65 Å². The zero-order chi connectivity index (χ0) is 14.1. The fourth-order valence-corrected chi connectivity index (χ4v) is 2.38. The van der Waals surface area contributed by atoms with Crippen molar-refractivity contribution in [3.05, 3.63) is 57.9 Å². The number of halogens is 2. The second-order valence-electron chi connectivity index (χ2n) is 4.48. The van der Waals surface area contributed by atoms with Crippen LogP contribution in [-0.2, 0) is 6.54 Å². The van der Waals surface area contributed by atoms with Gasteiger partial charge >= 0.3 is 0 Å². The van der Waals surface area contributed by atoms with Gasteiger partial charge in [0, 0.05) is 22.8 Å². The number of rotatable bonds is 3. The molecule has 3 aromatic rings. The zero-order valence-electron chi connectivity index (χ0n) is 10.8. The van der Waals surface area contributed by atoms with Crippen LogP contribution in [0.4, 0.5) is 10.3 Å². The first-order chi connectivity index (χ1) is 9.63. The van der Waals surface area contributed by atoms with Crippen molar-refractivity contribution in [3.63, 3.8) is 0 Å². The average Bonchev–Trinajstić information content (AvgIpc) is 2.84. The smallest absolute Gasteiger partial charge is 0.243 e. The zero-order valence-corrected chi connectivity index (χ0v) is 12.4. The highest BCUT2D eigenvalue weighted by atomic mass is 79.9. The van der Waals surface area contributed by atoms with Crippen molar-refractivity contribution in [2.75, 3.05) is 5.32 Å². The van der Waals surface area contributed by atoms with E-state index in [4.69, 9.17) is 0 Å². The predicted molar refractivity (Wildman–Crippen MR) is 79.2 cm³/mol. The number of nitrogens with zero attached hydrogens (tertiary/aromatic N) is 3. The van der Waals surface area contributed by atoms with E-state index in [0.29, 0.717) is 18.1 Å². The first kappa shape index (κ1) is 13.1. The lowest BCUT2D eigenvalue weighted by atomic mass is 10.2. The quantitative estimate of drug-likeness (QED) is 0.796. The summed E-state index contributed by atoms with van der Waals surface area (Å²) in [4.78, 5) is 4.39. The van der Waals surface area contributed by atoms with Crippen molar-refractivity contribution in [2.24, 2.45) is 0 Å². The van der Waals surface area contributed by atoms with Crippen molar-refractivity contribution in [1.29, 1.82) is 0 Å². The molecular formula is C14H12BrFN4. The number of fused-ring (bicyclic) bond motifs is 1. The molecule has 0 amide bonds. The van der Waals surface area contributed by atoms with Gasteiger partial charge < -0.3 is 5.32 Å². The van der Waals surface area contributed by atoms with Crippen LogP contribution in [0.1, 0.15) is 11.1 Å². The Morgan fingerprint density at radius 1 is 1.35 bits per heavy atom. The maximum atomic E-state index is 13.6. The Balaban J connectivity index is 1.83. The number of pyridine rings is 1. The number of benzene rings is 1. The van der Waals surface area contributed by atoms with Crippen molar-refractivity contribution in [1.82, 2.24) is 14.6 Å². The second kappa shape index (κ2) is 5.20. The first-order valence-corrected chi connectivity index (χ1v) is 6.92. The van der Waals surface area contributed by atoms with Gasteiger partial charge in [-0.2, -0.15) is 4.98 Å². The summed E-state index contributed by atoms with van der Waals surface area (Å²) < 4.78 is 16.2. The van der Waals surface area contributed by atoms with Gasteiger partial charge in [0.1, 0.15) is 5.82 Å². The normalized spacial score (nSPS) is 10.9. The van der Waals surface area contributed by atoms with E-state index in [1.807, 2.05) is 25.3 Å². The third-order valence-electron chi connectivity index (χ3n) is 3.00. The predicted octanol–water partition coefficient (Wildman–Crippen LogP) is 3.55. The molecule has 6 heteroatoms. The molecule has 0 saturated carbocycles. The van der Waals surface area contributed by atoms with Gasteiger partial charge in [0.2, 0.25) is 5.95 Å². The monoisotopic (exact) mass is 334 g/mol. The first-order valence-electron chi connectivity index (χ1n) is 6.13. The Morgan fingerprint density at radius 3 is 3.00 bits per heavy atom. The van der Waals surface area contributed by atoms with Crippen LogP contribution in [0.15, 0.2) is 41.0 Å². The lowest BCUT2D eigenvalue weighted by Gasteiger charge is -2.04.